The molecule has 0 spiro atoms. The summed E-state index contributed by atoms with van der Waals surface area (Å²) in [6, 6.07) is -0.0225. The van der Waals surface area contributed by atoms with Crippen molar-refractivity contribution in [3.8, 4) is 0 Å². The Morgan fingerprint density at radius 3 is 2.30 bits per heavy atom. The molecule has 1 fully saturated rings. The molecule has 1 aromatic heterocycles. The summed E-state index contributed by atoms with van der Waals surface area (Å²) in [7, 11) is 0. The van der Waals surface area contributed by atoms with Gasteiger partial charge in [-0.1, -0.05) is 51.1 Å². The maximum absolute atomic E-state index is 13.2. The Labute approximate surface area is 184 Å². The zero-order valence-electron chi connectivity index (χ0n) is 18.6. The number of aromatic nitrogens is 2. The monoisotopic (exact) mass is 446 g/mol. The SMILES string of the molecule is CCCCCN(CCCCC)CC(C)NC(=O)Cn1nc(C(F)F)c(Cl)c1C1CC1. The van der Waals surface area contributed by atoms with Crippen molar-refractivity contribution in [1.29, 1.82) is 0 Å². The number of nitrogens with one attached hydrogen (secondary N) is 1. The van der Waals surface area contributed by atoms with Crippen LogP contribution in [0.4, 0.5) is 8.78 Å². The first-order chi connectivity index (χ1) is 14.4. The third-order valence-electron chi connectivity index (χ3n) is 5.52. The van der Waals surface area contributed by atoms with Crippen LogP contribution in [-0.4, -0.2) is 46.3 Å². The van der Waals surface area contributed by atoms with Gasteiger partial charge in [0.25, 0.3) is 6.43 Å². The lowest BCUT2D eigenvalue weighted by Gasteiger charge is -2.26. The number of halogens is 3. The number of carbonyl (C=O) groups is 1. The molecule has 0 aromatic carbocycles. The van der Waals surface area contributed by atoms with Crippen LogP contribution in [-0.2, 0) is 11.3 Å². The van der Waals surface area contributed by atoms with E-state index in [4.69, 9.17) is 11.6 Å². The number of hydrogen-bond donors (Lipinski definition) is 1. The first-order valence-electron chi connectivity index (χ1n) is 11.4. The molecule has 1 atom stereocenters. The molecule has 0 aliphatic heterocycles. The molecule has 1 aliphatic carbocycles. The predicted octanol–water partition coefficient (Wildman–Crippen LogP) is 5.54. The Morgan fingerprint density at radius 2 is 1.80 bits per heavy atom. The van der Waals surface area contributed by atoms with Gasteiger partial charge in [0, 0.05) is 18.5 Å². The second-order valence-corrected chi connectivity index (χ2v) is 8.88. The fourth-order valence-corrected chi connectivity index (χ4v) is 4.21. The number of alkyl halides is 2. The van der Waals surface area contributed by atoms with Crippen LogP contribution in [0.15, 0.2) is 0 Å². The molecule has 172 valence electrons. The van der Waals surface area contributed by atoms with Crippen molar-refractivity contribution in [1.82, 2.24) is 20.0 Å². The summed E-state index contributed by atoms with van der Waals surface area (Å²) in [6.07, 6.45) is 6.18. The van der Waals surface area contributed by atoms with Crippen LogP contribution in [0.1, 0.15) is 95.9 Å². The average Bonchev–Trinajstić information content (AvgIpc) is 3.45. The summed E-state index contributed by atoms with van der Waals surface area (Å²) < 4.78 is 27.7. The smallest absolute Gasteiger partial charge is 0.283 e. The van der Waals surface area contributed by atoms with E-state index < -0.39 is 12.1 Å². The van der Waals surface area contributed by atoms with Gasteiger partial charge in [0.2, 0.25) is 5.91 Å². The third kappa shape index (κ3) is 7.80. The Morgan fingerprint density at radius 1 is 1.20 bits per heavy atom. The van der Waals surface area contributed by atoms with Crippen molar-refractivity contribution in [2.45, 2.75) is 97.1 Å². The van der Waals surface area contributed by atoms with Crippen molar-refractivity contribution in [3.05, 3.63) is 16.4 Å². The number of unbranched alkanes of at least 4 members (excludes halogenated alkanes) is 4. The van der Waals surface area contributed by atoms with Crippen LogP contribution in [0.5, 0.6) is 0 Å². The molecule has 0 bridgehead atoms. The van der Waals surface area contributed by atoms with Gasteiger partial charge in [0.05, 0.1) is 10.7 Å². The molecule has 1 amide bonds. The molecule has 1 saturated carbocycles. The number of hydrogen-bond acceptors (Lipinski definition) is 3. The van der Waals surface area contributed by atoms with Gasteiger partial charge in [-0.25, -0.2) is 8.78 Å². The second kappa shape index (κ2) is 12.6. The van der Waals surface area contributed by atoms with E-state index in [1.165, 1.54) is 30.4 Å². The van der Waals surface area contributed by atoms with E-state index >= 15 is 0 Å². The van der Waals surface area contributed by atoms with E-state index in [-0.39, 0.29) is 29.4 Å². The highest BCUT2D eigenvalue weighted by Crippen LogP contribution is 2.45. The fraction of sp³-hybridized carbons (Fsp3) is 0.818. The van der Waals surface area contributed by atoms with E-state index in [1.807, 2.05) is 6.92 Å². The molecule has 1 aromatic rings. The second-order valence-electron chi connectivity index (χ2n) is 8.50. The van der Waals surface area contributed by atoms with Crippen LogP contribution >= 0.6 is 11.6 Å². The van der Waals surface area contributed by atoms with Crippen molar-refractivity contribution in [2.75, 3.05) is 19.6 Å². The minimum absolute atomic E-state index is 0.0198. The quantitative estimate of drug-likeness (QED) is 0.360. The minimum atomic E-state index is -2.74. The van der Waals surface area contributed by atoms with E-state index in [0.29, 0.717) is 5.69 Å². The summed E-state index contributed by atoms with van der Waals surface area (Å²) in [5.41, 5.74) is 0.160. The zero-order chi connectivity index (χ0) is 22.1. The number of amides is 1. The van der Waals surface area contributed by atoms with Crippen LogP contribution in [0, 0.1) is 0 Å². The zero-order valence-corrected chi connectivity index (χ0v) is 19.4. The Balaban J connectivity index is 1.91. The topological polar surface area (TPSA) is 50.2 Å². The van der Waals surface area contributed by atoms with E-state index in [9.17, 15) is 13.6 Å². The normalized spacial score (nSPS) is 15.2. The van der Waals surface area contributed by atoms with Crippen molar-refractivity contribution < 1.29 is 13.6 Å². The molecule has 5 nitrogen and oxygen atoms in total. The van der Waals surface area contributed by atoms with Gasteiger partial charge in [0.15, 0.2) is 0 Å². The van der Waals surface area contributed by atoms with Gasteiger partial charge in [-0.05, 0) is 45.7 Å². The standard InChI is InChI=1S/C22H37ClF2N4O/c1-4-6-8-12-28(13-9-7-5-2)14-16(3)26-18(30)15-29-21(17-10-11-17)19(23)20(27-29)22(24)25/h16-17,22H,4-15H2,1-3H3,(H,26,30). The lowest BCUT2D eigenvalue weighted by molar-refractivity contribution is -0.122. The largest absolute Gasteiger partial charge is 0.351 e. The van der Waals surface area contributed by atoms with Crippen molar-refractivity contribution in [2.24, 2.45) is 0 Å². The molecule has 1 N–H and O–H groups in total. The first kappa shape index (κ1) is 25.1. The summed E-state index contributed by atoms with van der Waals surface area (Å²) in [6.45, 7) is 9.17. The molecular formula is C22H37ClF2N4O. The van der Waals surface area contributed by atoms with Gasteiger partial charge in [0.1, 0.15) is 12.2 Å². The molecule has 2 rings (SSSR count). The predicted molar refractivity (Wildman–Crippen MR) is 117 cm³/mol. The van der Waals surface area contributed by atoms with Gasteiger partial charge in [-0.2, -0.15) is 5.10 Å². The van der Waals surface area contributed by atoms with Gasteiger partial charge in [-0.15, -0.1) is 0 Å². The number of carbonyl (C=O) groups excluding carboxylic acids is 1. The molecule has 1 aliphatic rings. The highest BCUT2D eigenvalue weighted by atomic mass is 35.5. The highest BCUT2D eigenvalue weighted by Gasteiger charge is 2.34. The minimum Gasteiger partial charge on any atom is -0.351 e. The van der Waals surface area contributed by atoms with Gasteiger partial charge < -0.3 is 10.2 Å². The Hall–Kier alpha value is -1.21. The maximum atomic E-state index is 13.2. The van der Waals surface area contributed by atoms with Gasteiger partial charge >= 0.3 is 0 Å². The highest BCUT2D eigenvalue weighted by molar-refractivity contribution is 6.32. The Bertz CT molecular complexity index is 654. The fourth-order valence-electron chi connectivity index (χ4n) is 3.83. The van der Waals surface area contributed by atoms with Gasteiger partial charge in [-0.3, -0.25) is 9.48 Å². The van der Waals surface area contributed by atoms with Crippen molar-refractivity contribution >= 4 is 17.5 Å². The molecule has 8 heteroatoms. The number of nitrogens with zero attached hydrogens (tertiary/aromatic N) is 3. The first-order valence-corrected chi connectivity index (χ1v) is 11.8. The summed E-state index contributed by atoms with van der Waals surface area (Å²) in [4.78, 5) is 15.0. The maximum Gasteiger partial charge on any atom is 0.283 e. The lowest BCUT2D eigenvalue weighted by atomic mass is 10.2. The van der Waals surface area contributed by atoms with E-state index in [2.05, 4.69) is 29.2 Å². The summed E-state index contributed by atoms with van der Waals surface area (Å²) in [5, 5.41) is 6.97. The molecule has 0 saturated heterocycles. The third-order valence-corrected chi connectivity index (χ3v) is 5.90. The molecule has 1 unspecified atom stereocenters. The molecular weight excluding hydrogens is 410 g/mol. The lowest BCUT2D eigenvalue weighted by Crippen LogP contribution is -2.44. The Kier molecular flexibility index (Phi) is 10.5. The average molecular weight is 447 g/mol. The molecule has 0 radical (unpaired) electrons. The number of rotatable bonds is 15. The summed E-state index contributed by atoms with van der Waals surface area (Å²) >= 11 is 6.14. The van der Waals surface area contributed by atoms with Crippen LogP contribution in [0.25, 0.3) is 0 Å². The van der Waals surface area contributed by atoms with Crippen LogP contribution in [0.2, 0.25) is 5.02 Å². The molecule has 1 heterocycles. The molecule has 30 heavy (non-hydrogen) atoms. The van der Waals surface area contributed by atoms with E-state index in [1.54, 1.807) is 0 Å². The van der Waals surface area contributed by atoms with Crippen LogP contribution < -0.4 is 5.32 Å². The van der Waals surface area contributed by atoms with E-state index in [0.717, 1.165) is 45.3 Å². The van der Waals surface area contributed by atoms with Crippen LogP contribution in [0.3, 0.4) is 0 Å². The summed E-state index contributed by atoms with van der Waals surface area (Å²) in [5.74, 6) is -0.0817. The van der Waals surface area contributed by atoms with Crippen molar-refractivity contribution in [3.63, 3.8) is 0 Å².